The Bertz CT molecular complexity index is 736. The van der Waals surface area contributed by atoms with Crippen LogP contribution in [0.25, 0.3) is 11.3 Å². The molecule has 3 aromatic rings. The minimum atomic E-state index is 0.525. The molecule has 2 heterocycles. The maximum Gasteiger partial charge on any atom is 0.147 e. The minimum absolute atomic E-state index is 0.525. The van der Waals surface area contributed by atoms with Crippen molar-refractivity contribution in [1.82, 2.24) is 4.98 Å². The van der Waals surface area contributed by atoms with Gasteiger partial charge in [-0.1, -0.05) is 18.2 Å². The zero-order chi connectivity index (χ0) is 14.7. The molecule has 21 heavy (non-hydrogen) atoms. The molecule has 0 aliphatic heterocycles. The molecule has 0 aliphatic carbocycles. The van der Waals surface area contributed by atoms with E-state index in [-0.39, 0.29) is 0 Å². The SMILES string of the molecule is Cc1ccc(NCc2cccc(-c3ccco3)c2)c(N)n1. The lowest BCUT2D eigenvalue weighted by atomic mass is 10.1. The summed E-state index contributed by atoms with van der Waals surface area (Å²) >= 11 is 0. The van der Waals surface area contributed by atoms with Gasteiger partial charge in [0, 0.05) is 17.8 Å². The lowest BCUT2D eigenvalue weighted by Gasteiger charge is -2.10. The molecule has 0 unspecified atom stereocenters. The van der Waals surface area contributed by atoms with Crippen molar-refractivity contribution >= 4 is 11.5 Å². The van der Waals surface area contributed by atoms with Crippen molar-refractivity contribution in [2.45, 2.75) is 13.5 Å². The maximum absolute atomic E-state index is 5.90. The van der Waals surface area contributed by atoms with E-state index < -0.39 is 0 Å². The molecule has 0 aliphatic rings. The summed E-state index contributed by atoms with van der Waals surface area (Å²) in [4.78, 5) is 4.24. The highest BCUT2D eigenvalue weighted by Gasteiger charge is 2.03. The Balaban J connectivity index is 1.75. The smallest absolute Gasteiger partial charge is 0.147 e. The van der Waals surface area contributed by atoms with Crippen molar-refractivity contribution in [2.75, 3.05) is 11.1 Å². The summed E-state index contributed by atoms with van der Waals surface area (Å²) in [7, 11) is 0. The van der Waals surface area contributed by atoms with Crippen molar-refractivity contribution in [3.05, 3.63) is 66.1 Å². The van der Waals surface area contributed by atoms with E-state index in [1.54, 1.807) is 6.26 Å². The highest BCUT2D eigenvalue weighted by molar-refractivity contribution is 5.62. The third-order valence-electron chi connectivity index (χ3n) is 3.28. The first-order chi connectivity index (χ1) is 10.2. The molecule has 106 valence electrons. The Labute approximate surface area is 123 Å². The normalized spacial score (nSPS) is 10.5. The monoisotopic (exact) mass is 279 g/mol. The molecule has 0 amide bonds. The van der Waals surface area contributed by atoms with E-state index in [4.69, 9.17) is 10.2 Å². The molecule has 2 aromatic heterocycles. The summed E-state index contributed by atoms with van der Waals surface area (Å²) < 4.78 is 5.42. The highest BCUT2D eigenvalue weighted by atomic mass is 16.3. The van der Waals surface area contributed by atoms with Crippen LogP contribution in [0.4, 0.5) is 11.5 Å². The van der Waals surface area contributed by atoms with Crippen molar-refractivity contribution in [3.63, 3.8) is 0 Å². The van der Waals surface area contributed by atoms with E-state index in [2.05, 4.69) is 22.4 Å². The first-order valence-electron chi connectivity index (χ1n) is 6.82. The minimum Gasteiger partial charge on any atom is -0.464 e. The Kier molecular flexibility index (Phi) is 3.60. The topological polar surface area (TPSA) is 64.1 Å². The number of aromatic nitrogens is 1. The average Bonchev–Trinajstić information content (AvgIpc) is 3.01. The predicted octanol–water partition coefficient (Wildman–Crippen LogP) is 3.84. The van der Waals surface area contributed by atoms with Gasteiger partial charge in [0.05, 0.1) is 12.0 Å². The lowest BCUT2D eigenvalue weighted by Crippen LogP contribution is -2.04. The number of benzene rings is 1. The number of aryl methyl sites for hydroxylation is 1. The zero-order valence-electron chi connectivity index (χ0n) is 11.8. The van der Waals surface area contributed by atoms with Crippen LogP contribution in [0, 0.1) is 6.92 Å². The third kappa shape index (κ3) is 3.05. The molecule has 0 spiro atoms. The van der Waals surface area contributed by atoms with Gasteiger partial charge < -0.3 is 15.5 Å². The van der Waals surface area contributed by atoms with Crippen LogP contribution in [0.3, 0.4) is 0 Å². The largest absolute Gasteiger partial charge is 0.464 e. The number of nitrogens with zero attached hydrogens (tertiary/aromatic N) is 1. The summed E-state index contributed by atoms with van der Waals surface area (Å²) in [6.07, 6.45) is 1.68. The van der Waals surface area contributed by atoms with Gasteiger partial charge in [0.15, 0.2) is 0 Å². The summed E-state index contributed by atoms with van der Waals surface area (Å²) in [5.41, 5.74) is 9.89. The second-order valence-corrected chi connectivity index (χ2v) is 4.92. The zero-order valence-corrected chi connectivity index (χ0v) is 11.8. The Morgan fingerprint density at radius 1 is 1.14 bits per heavy atom. The maximum atomic E-state index is 5.90. The molecule has 0 saturated heterocycles. The standard InChI is InChI=1S/C17H17N3O/c1-12-7-8-15(17(18)20-12)19-11-13-4-2-5-14(10-13)16-6-3-9-21-16/h2-10,19H,11H2,1H3,(H2,18,20). The van der Waals surface area contributed by atoms with E-state index in [0.29, 0.717) is 12.4 Å². The quantitative estimate of drug-likeness (QED) is 0.761. The number of nitrogens with one attached hydrogen (secondary N) is 1. The molecule has 3 N–H and O–H groups in total. The van der Waals surface area contributed by atoms with Gasteiger partial charge in [-0.05, 0) is 42.8 Å². The van der Waals surface area contributed by atoms with E-state index in [9.17, 15) is 0 Å². The molecule has 1 aromatic carbocycles. The first-order valence-corrected chi connectivity index (χ1v) is 6.82. The Morgan fingerprint density at radius 2 is 2.05 bits per heavy atom. The van der Waals surface area contributed by atoms with E-state index in [1.165, 1.54) is 0 Å². The van der Waals surface area contributed by atoms with Crippen molar-refractivity contribution in [3.8, 4) is 11.3 Å². The Hall–Kier alpha value is -2.75. The number of rotatable bonds is 4. The number of nitrogen functional groups attached to an aromatic ring is 1. The molecule has 3 rings (SSSR count). The van der Waals surface area contributed by atoms with E-state index in [1.807, 2.05) is 43.3 Å². The van der Waals surface area contributed by atoms with Gasteiger partial charge in [-0.25, -0.2) is 4.98 Å². The molecule has 4 nitrogen and oxygen atoms in total. The van der Waals surface area contributed by atoms with Gasteiger partial charge in [-0.2, -0.15) is 0 Å². The van der Waals surface area contributed by atoms with Crippen molar-refractivity contribution in [1.29, 1.82) is 0 Å². The molecule has 0 saturated carbocycles. The molecule has 4 heteroatoms. The fourth-order valence-corrected chi connectivity index (χ4v) is 2.20. The van der Waals surface area contributed by atoms with Gasteiger partial charge >= 0.3 is 0 Å². The number of pyridine rings is 1. The molecular formula is C17H17N3O. The second-order valence-electron chi connectivity index (χ2n) is 4.92. The summed E-state index contributed by atoms with van der Waals surface area (Å²) in [5.74, 6) is 1.39. The molecule has 0 radical (unpaired) electrons. The predicted molar refractivity (Wildman–Crippen MR) is 84.9 cm³/mol. The van der Waals surface area contributed by atoms with Crippen LogP contribution in [0.5, 0.6) is 0 Å². The number of hydrogen-bond donors (Lipinski definition) is 2. The molecular weight excluding hydrogens is 262 g/mol. The van der Waals surface area contributed by atoms with Gasteiger partial charge in [0.2, 0.25) is 0 Å². The van der Waals surface area contributed by atoms with Gasteiger partial charge in [0.1, 0.15) is 11.6 Å². The van der Waals surface area contributed by atoms with Crippen molar-refractivity contribution < 1.29 is 4.42 Å². The number of nitrogens with two attached hydrogens (primary N) is 1. The molecule has 0 atom stereocenters. The van der Waals surface area contributed by atoms with Crippen LogP contribution in [0.1, 0.15) is 11.3 Å². The fraction of sp³-hybridized carbons (Fsp3) is 0.118. The summed E-state index contributed by atoms with van der Waals surface area (Å²) in [6.45, 7) is 2.61. The lowest BCUT2D eigenvalue weighted by molar-refractivity contribution is 0.582. The second kappa shape index (κ2) is 5.71. The fourth-order valence-electron chi connectivity index (χ4n) is 2.20. The van der Waals surface area contributed by atoms with Crippen LogP contribution < -0.4 is 11.1 Å². The van der Waals surface area contributed by atoms with Gasteiger partial charge in [-0.3, -0.25) is 0 Å². The van der Waals surface area contributed by atoms with Crippen LogP contribution in [-0.4, -0.2) is 4.98 Å². The number of hydrogen-bond acceptors (Lipinski definition) is 4. The van der Waals surface area contributed by atoms with E-state index >= 15 is 0 Å². The first kappa shape index (κ1) is 13.2. The molecule has 0 bridgehead atoms. The summed E-state index contributed by atoms with van der Waals surface area (Å²) in [5, 5.41) is 3.31. The number of furan rings is 1. The van der Waals surface area contributed by atoms with Crippen LogP contribution in [-0.2, 0) is 6.54 Å². The van der Waals surface area contributed by atoms with Crippen LogP contribution >= 0.6 is 0 Å². The van der Waals surface area contributed by atoms with E-state index in [0.717, 1.165) is 28.3 Å². The summed E-state index contributed by atoms with van der Waals surface area (Å²) in [6, 6.07) is 16.0. The highest BCUT2D eigenvalue weighted by Crippen LogP contribution is 2.22. The molecule has 0 fully saturated rings. The van der Waals surface area contributed by atoms with Gasteiger partial charge in [0.25, 0.3) is 0 Å². The van der Waals surface area contributed by atoms with Crippen LogP contribution in [0.2, 0.25) is 0 Å². The average molecular weight is 279 g/mol. The Morgan fingerprint density at radius 3 is 2.81 bits per heavy atom. The number of anilines is 2. The van der Waals surface area contributed by atoms with Gasteiger partial charge in [-0.15, -0.1) is 0 Å². The third-order valence-corrected chi connectivity index (χ3v) is 3.28. The van der Waals surface area contributed by atoms with Crippen molar-refractivity contribution in [2.24, 2.45) is 0 Å². The van der Waals surface area contributed by atoms with Crippen LogP contribution in [0.15, 0.2) is 59.2 Å².